The number of benzene rings is 1. The zero-order valence-corrected chi connectivity index (χ0v) is 8.72. The molecule has 2 N–H and O–H groups in total. The van der Waals surface area contributed by atoms with Crippen LogP contribution in [-0.2, 0) is 6.54 Å². The van der Waals surface area contributed by atoms with Crippen LogP contribution in [-0.4, -0.2) is 21.9 Å². The first-order valence-electron chi connectivity index (χ1n) is 4.69. The first-order valence-corrected chi connectivity index (χ1v) is 4.69. The summed E-state index contributed by atoms with van der Waals surface area (Å²) in [5.41, 5.74) is 6.05. The monoisotopic (exact) mass is 222 g/mol. The molecule has 0 fully saturated rings. The van der Waals surface area contributed by atoms with Crippen LogP contribution in [0.2, 0.25) is 0 Å². The quantitative estimate of drug-likeness (QED) is 0.837. The molecule has 0 saturated heterocycles. The Kier molecular flexibility index (Phi) is 2.82. The molecular formula is C10H11FN4O. The van der Waals surface area contributed by atoms with Gasteiger partial charge in [0.25, 0.3) is 0 Å². The van der Waals surface area contributed by atoms with Crippen molar-refractivity contribution in [2.24, 2.45) is 5.73 Å². The molecule has 1 aromatic heterocycles. The van der Waals surface area contributed by atoms with Crippen molar-refractivity contribution >= 4 is 0 Å². The second-order valence-electron chi connectivity index (χ2n) is 3.11. The van der Waals surface area contributed by atoms with Gasteiger partial charge in [0.2, 0.25) is 0 Å². The molecule has 0 aliphatic heterocycles. The van der Waals surface area contributed by atoms with Crippen LogP contribution in [0.5, 0.6) is 5.75 Å². The summed E-state index contributed by atoms with van der Waals surface area (Å²) >= 11 is 0. The highest BCUT2D eigenvalue weighted by Gasteiger charge is 2.08. The average Bonchev–Trinajstić information content (AvgIpc) is 2.77. The van der Waals surface area contributed by atoms with Gasteiger partial charge in [-0.05, 0) is 12.1 Å². The Hall–Kier alpha value is -1.95. The van der Waals surface area contributed by atoms with Crippen LogP contribution in [0.3, 0.4) is 0 Å². The lowest BCUT2D eigenvalue weighted by Gasteiger charge is -2.06. The third kappa shape index (κ3) is 1.74. The molecule has 0 bridgehead atoms. The molecular weight excluding hydrogens is 211 g/mol. The van der Waals surface area contributed by atoms with Gasteiger partial charge in [-0.2, -0.15) is 5.10 Å². The van der Waals surface area contributed by atoms with Gasteiger partial charge in [-0.3, -0.25) is 0 Å². The summed E-state index contributed by atoms with van der Waals surface area (Å²) in [6.07, 6.45) is 1.38. The van der Waals surface area contributed by atoms with Crippen LogP contribution in [0.15, 0.2) is 24.5 Å². The molecule has 2 aromatic rings. The van der Waals surface area contributed by atoms with Crippen molar-refractivity contribution in [2.45, 2.75) is 6.54 Å². The van der Waals surface area contributed by atoms with E-state index >= 15 is 0 Å². The standard InChI is InChI=1S/C10H11FN4O/c1-16-9-3-2-7(4-8(9)11)15-10(5-12)13-6-14-15/h2-4,6H,5,12H2,1H3. The largest absolute Gasteiger partial charge is 0.494 e. The maximum Gasteiger partial charge on any atom is 0.167 e. The van der Waals surface area contributed by atoms with E-state index in [0.29, 0.717) is 11.5 Å². The predicted octanol–water partition coefficient (Wildman–Crippen LogP) is 0.874. The summed E-state index contributed by atoms with van der Waals surface area (Å²) in [7, 11) is 1.42. The van der Waals surface area contributed by atoms with Crippen LogP contribution in [0.25, 0.3) is 5.69 Å². The highest BCUT2D eigenvalue weighted by atomic mass is 19.1. The van der Waals surface area contributed by atoms with Crippen molar-refractivity contribution in [3.63, 3.8) is 0 Å². The van der Waals surface area contributed by atoms with Crippen molar-refractivity contribution in [3.05, 3.63) is 36.2 Å². The second kappa shape index (κ2) is 4.28. The third-order valence-corrected chi connectivity index (χ3v) is 2.18. The Labute approximate surface area is 91.7 Å². The van der Waals surface area contributed by atoms with Crippen molar-refractivity contribution in [1.29, 1.82) is 0 Å². The van der Waals surface area contributed by atoms with E-state index in [1.54, 1.807) is 6.07 Å². The van der Waals surface area contributed by atoms with E-state index in [-0.39, 0.29) is 12.3 Å². The molecule has 0 radical (unpaired) electrons. The van der Waals surface area contributed by atoms with Gasteiger partial charge in [0.1, 0.15) is 12.2 Å². The molecule has 0 spiro atoms. The molecule has 0 atom stereocenters. The molecule has 0 unspecified atom stereocenters. The number of aromatic nitrogens is 3. The fraction of sp³-hybridized carbons (Fsp3) is 0.200. The minimum Gasteiger partial charge on any atom is -0.494 e. The van der Waals surface area contributed by atoms with Crippen LogP contribution in [0, 0.1) is 5.82 Å². The van der Waals surface area contributed by atoms with Gasteiger partial charge in [0.15, 0.2) is 11.6 Å². The molecule has 0 aliphatic rings. The van der Waals surface area contributed by atoms with Gasteiger partial charge in [0, 0.05) is 6.07 Å². The highest BCUT2D eigenvalue weighted by molar-refractivity contribution is 5.38. The Morgan fingerprint density at radius 3 is 2.94 bits per heavy atom. The summed E-state index contributed by atoms with van der Waals surface area (Å²) in [6.45, 7) is 0.244. The topological polar surface area (TPSA) is 66.0 Å². The van der Waals surface area contributed by atoms with E-state index in [1.807, 2.05) is 0 Å². The summed E-state index contributed by atoms with van der Waals surface area (Å²) in [6, 6.07) is 4.55. The van der Waals surface area contributed by atoms with Crippen LogP contribution < -0.4 is 10.5 Å². The second-order valence-corrected chi connectivity index (χ2v) is 3.11. The summed E-state index contributed by atoms with van der Waals surface area (Å²) in [5.74, 6) is 0.321. The predicted molar refractivity (Wildman–Crippen MR) is 55.8 cm³/mol. The minimum atomic E-state index is -0.446. The number of methoxy groups -OCH3 is 1. The molecule has 1 aromatic carbocycles. The highest BCUT2D eigenvalue weighted by Crippen LogP contribution is 2.20. The zero-order valence-electron chi connectivity index (χ0n) is 8.72. The van der Waals surface area contributed by atoms with E-state index in [2.05, 4.69) is 10.1 Å². The molecule has 1 heterocycles. The van der Waals surface area contributed by atoms with Crippen molar-refractivity contribution in [2.75, 3.05) is 7.11 Å². The Bertz CT molecular complexity index is 497. The number of hydrogen-bond donors (Lipinski definition) is 1. The first kappa shape index (κ1) is 10.6. The SMILES string of the molecule is COc1ccc(-n2ncnc2CN)cc1F. The lowest BCUT2D eigenvalue weighted by atomic mass is 10.3. The Balaban J connectivity index is 2.45. The van der Waals surface area contributed by atoms with E-state index < -0.39 is 5.82 Å². The summed E-state index contributed by atoms with van der Waals surface area (Å²) in [5, 5.41) is 3.97. The van der Waals surface area contributed by atoms with E-state index in [0.717, 1.165) is 0 Å². The molecule has 5 nitrogen and oxygen atoms in total. The van der Waals surface area contributed by atoms with E-state index in [1.165, 1.54) is 30.3 Å². The smallest absolute Gasteiger partial charge is 0.167 e. The van der Waals surface area contributed by atoms with Crippen LogP contribution in [0.1, 0.15) is 5.82 Å². The van der Waals surface area contributed by atoms with E-state index in [4.69, 9.17) is 10.5 Å². The molecule has 0 saturated carbocycles. The first-order chi connectivity index (χ1) is 7.76. The maximum absolute atomic E-state index is 13.5. The van der Waals surface area contributed by atoms with Gasteiger partial charge in [-0.1, -0.05) is 0 Å². The third-order valence-electron chi connectivity index (χ3n) is 2.18. The average molecular weight is 222 g/mol. The lowest BCUT2D eigenvalue weighted by Crippen LogP contribution is -2.08. The number of rotatable bonds is 3. The fourth-order valence-electron chi connectivity index (χ4n) is 1.41. The van der Waals surface area contributed by atoms with Gasteiger partial charge >= 0.3 is 0 Å². The molecule has 0 amide bonds. The summed E-state index contributed by atoms with van der Waals surface area (Å²) in [4.78, 5) is 3.96. The van der Waals surface area contributed by atoms with E-state index in [9.17, 15) is 4.39 Å². The Morgan fingerprint density at radius 2 is 2.31 bits per heavy atom. The number of hydrogen-bond acceptors (Lipinski definition) is 4. The van der Waals surface area contributed by atoms with Crippen molar-refractivity contribution in [3.8, 4) is 11.4 Å². The molecule has 6 heteroatoms. The van der Waals surface area contributed by atoms with Gasteiger partial charge in [-0.15, -0.1) is 0 Å². The number of ether oxygens (including phenoxy) is 1. The van der Waals surface area contributed by atoms with Crippen LogP contribution >= 0.6 is 0 Å². The van der Waals surface area contributed by atoms with Crippen LogP contribution in [0.4, 0.5) is 4.39 Å². The minimum absolute atomic E-state index is 0.193. The van der Waals surface area contributed by atoms with Crippen molar-refractivity contribution in [1.82, 2.24) is 14.8 Å². The Morgan fingerprint density at radius 1 is 1.50 bits per heavy atom. The molecule has 2 rings (SSSR count). The summed E-state index contributed by atoms with van der Waals surface area (Å²) < 4.78 is 19.8. The van der Waals surface area contributed by atoms with Crippen molar-refractivity contribution < 1.29 is 9.13 Å². The number of nitrogens with two attached hydrogens (primary N) is 1. The number of halogens is 1. The molecule has 0 aliphatic carbocycles. The van der Waals surface area contributed by atoms with Gasteiger partial charge in [-0.25, -0.2) is 14.1 Å². The van der Waals surface area contributed by atoms with Gasteiger partial charge < -0.3 is 10.5 Å². The normalized spacial score (nSPS) is 10.4. The molecule has 16 heavy (non-hydrogen) atoms. The molecule has 84 valence electrons. The maximum atomic E-state index is 13.5. The van der Waals surface area contributed by atoms with Gasteiger partial charge in [0.05, 0.1) is 19.3 Å². The zero-order chi connectivity index (χ0) is 11.5. The lowest BCUT2D eigenvalue weighted by molar-refractivity contribution is 0.386. The number of nitrogens with zero attached hydrogens (tertiary/aromatic N) is 3. The fourth-order valence-corrected chi connectivity index (χ4v) is 1.41.